The highest BCUT2D eigenvalue weighted by Crippen LogP contribution is 2.28. The van der Waals surface area contributed by atoms with E-state index in [-0.39, 0.29) is 11.8 Å². The molecule has 0 fully saturated rings. The molecule has 0 N–H and O–H groups in total. The molecule has 90 valence electrons. The van der Waals surface area contributed by atoms with Gasteiger partial charge >= 0.3 is 0 Å². The van der Waals surface area contributed by atoms with Crippen LogP contribution in [0.25, 0.3) is 0 Å². The van der Waals surface area contributed by atoms with Crippen molar-refractivity contribution in [3.05, 3.63) is 28.8 Å². The molecule has 0 aliphatic heterocycles. The zero-order chi connectivity index (χ0) is 13.0. The average Bonchev–Trinajstić information content (AvgIpc) is 2.28. The Labute approximate surface area is 107 Å². The third-order valence-corrected chi connectivity index (χ3v) is 3.08. The van der Waals surface area contributed by atoms with Crippen molar-refractivity contribution in [2.24, 2.45) is 0 Å². The molecule has 1 aromatic rings. The number of anilines is 1. The SMILES string of the molecule is CC(=O)c1ccc(N(C)C(C)CC#N)c(Cl)c1. The van der Waals surface area contributed by atoms with E-state index >= 15 is 0 Å². The molecule has 4 heteroatoms. The van der Waals surface area contributed by atoms with Crippen molar-refractivity contribution in [3.63, 3.8) is 0 Å². The second kappa shape index (κ2) is 5.70. The number of nitrogens with zero attached hydrogens (tertiary/aromatic N) is 2. The summed E-state index contributed by atoms with van der Waals surface area (Å²) >= 11 is 6.14. The topological polar surface area (TPSA) is 44.1 Å². The predicted octanol–water partition coefficient (Wildman–Crippen LogP) is 3.28. The molecular formula is C13H15ClN2O. The van der Waals surface area contributed by atoms with Crippen molar-refractivity contribution >= 4 is 23.1 Å². The van der Waals surface area contributed by atoms with E-state index in [4.69, 9.17) is 16.9 Å². The lowest BCUT2D eigenvalue weighted by Gasteiger charge is -2.26. The fourth-order valence-corrected chi connectivity index (χ4v) is 1.83. The molecule has 0 amide bonds. The fraction of sp³-hybridized carbons (Fsp3) is 0.385. The Morgan fingerprint density at radius 2 is 2.24 bits per heavy atom. The third kappa shape index (κ3) is 3.21. The van der Waals surface area contributed by atoms with Crippen LogP contribution in [0.15, 0.2) is 18.2 Å². The maximum Gasteiger partial charge on any atom is 0.159 e. The number of Topliss-reactive ketones (excluding diaryl/α,β-unsaturated/α-hetero) is 1. The number of hydrogen-bond donors (Lipinski definition) is 0. The van der Waals surface area contributed by atoms with Gasteiger partial charge in [-0.3, -0.25) is 4.79 Å². The summed E-state index contributed by atoms with van der Waals surface area (Å²) in [6.07, 6.45) is 0.432. The van der Waals surface area contributed by atoms with Crippen LogP contribution in [-0.4, -0.2) is 18.9 Å². The zero-order valence-corrected chi connectivity index (χ0v) is 11.0. The Balaban J connectivity index is 3.00. The highest BCUT2D eigenvalue weighted by atomic mass is 35.5. The Hall–Kier alpha value is -1.53. The summed E-state index contributed by atoms with van der Waals surface area (Å²) in [5.41, 5.74) is 1.43. The molecule has 0 radical (unpaired) electrons. The van der Waals surface area contributed by atoms with Crippen molar-refractivity contribution in [2.45, 2.75) is 26.3 Å². The smallest absolute Gasteiger partial charge is 0.159 e. The van der Waals surface area contributed by atoms with E-state index in [1.165, 1.54) is 6.92 Å². The van der Waals surface area contributed by atoms with Crippen molar-refractivity contribution < 1.29 is 4.79 Å². The number of rotatable bonds is 4. The monoisotopic (exact) mass is 250 g/mol. The van der Waals surface area contributed by atoms with Crippen molar-refractivity contribution in [1.29, 1.82) is 5.26 Å². The van der Waals surface area contributed by atoms with E-state index < -0.39 is 0 Å². The Morgan fingerprint density at radius 1 is 1.59 bits per heavy atom. The summed E-state index contributed by atoms with van der Waals surface area (Å²) < 4.78 is 0. The first-order valence-corrected chi connectivity index (χ1v) is 5.75. The van der Waals surface area contributed by atoms with Gasteiger partial charge < -0.3 is 4.90 Å². The molecule has 0 bridgehead atoms. The van der Waals surface area contributed by atoms with Gasteiger partial charge in [0.25, 0.3) is 0 Å². The van der Waals surface area contributed by atoms with Crippen LogP contribution in [-0.2, 0) is 0 Å². The molecule has 0 aliphatic rings. The van der Waals surface area contributed by atoms with Gasteiger partial charge in [-0.05, 0) is 32.0 Å². The molecule has 1 unspecified atom stereocenters. The Kier molecular flexibility index (Phi) is 4.53. The van der Waals surface area contributed by atoms with Crippen molar-refractivity contribution in [2.75, 3.05) is 11.9 Å². The van der Waals surface area contributed by atoms with Crippen LogP contribution >= 0.6 is 11.6 Å². The minimum absolute atomic E-state index is 0.00817. The quantitative estimate of drug-likeness (QED) is 0.771. The summed E-state index contributed by atoms with van der Waals surface area (Å²) in [4.78, 5) is 13.1. The first kappa shape index (κ1) is 13.5. The van der Waals surface area contributed by atoms with Crippen LogP contribution in [0.4, 0.5) is 5.69 Å². The van der Waals surface area contributed by atoms with Gasteiger partial charge in [0.2, 0.25) is 0 Å². The molecule has 0 heterocycles. The number of halogens is 1. The van der Waals surface area contributed by atoms with Crippen molar-refractivity contribution in [1.82, 2.24) is 0 Å². The predicted molar refractivity (Wildman–Crippen MR) is 69.6 cm³/mol. The normalized spacial score (nSPS) is 11.7. The van der Waals surface area contributed by atoms with Gasteiger partial charge in [0.05, 0.1) is 23.2 Å². The number of nitriles is 1. The highest BCUT2D eigenvalue weighted by molar-refractivity contribution is 6.33. The Bertz CT molecular complexity index is 465. The third-order valence-electron chi connectivity index (χ3n) is 2.78. The van der Waals surface area contributed by atoms with Crippen LogP contribution in [0, 0.1) is 11.3 Å². The average molecular weight is 251 g/mol. The van der Waals surface area contributed by atoms with E-state index in [2.05, 4.69) is 6.07 Å². The van der Waals surface area contributed by atoms with Gasteiger partial charge in [0, 0.05) is 18.7 Å². The Morgan fingerprint density at radius 3 is 2.71 bits per heavy atom. The minimum Gasteiger partial charge on any atom is -0.370 e. The van der Waals surface area contributed by atoms with Gasteiger partial charge in [-0.15, -0.1) is 0 Å². The fourth-order valence-electron chi connectivity index (χ4n) is 1.52. The summed E-state index contributed by atoms with van der Waals surface area (Å²) in [6.45, 7) is 3.46. The van der Waals surface area contributed by atoms with E-state index in [0.717, 1.165) is 5.69 Å². The molecular weight excluding hydrogens is 236 g/mol. The molecule has 3 nitrogen and oxygen atoms in total. The van der Waals surface area contributed by atoms with Gasteiger partial charge in [0.15, 0.2) is 5.78 Å². The van der Waals surface area contributed by atoms with Gasteiger partial charge in [0.1, 0.15) is 0 Å². The second-order valence-corrected chi connectivity index (χ2v) is 4.45. The van der Waals surface area contributed by atoms with Crippen LogP contribution in [0.1, 0.15) is 30.6 Å². The lowest BCUT2D eigenvalue weighted by Crippen LogP contribution is -2.28. The van der Waals surface area contributed by atoms with E-state index in [1.807, 2.05) is 24.9 Å². The van der Waals surface area contributed by atoms with E-state index in [9.17, 15) is 4.79 Å². The standard InChI is InChI=1S/C13H15ClN2O/c1-9(6-7-15)16(3)13-5-4-11(10(2)17)8-12(13)14/h4-5,8-9H,6H2,1-3H3. The number of carbonyl (C=O) groups excluding carboxylic acids is 1. The first-order chi connectivity index (χ1) is 7.97. The minimum atomic E-state index is -0.00817. The van der Waals surface area contributed by atoms with Gasteiger partial charge in [-0.2, -0.15) is 5.26 Å². The van der Waals surface area contributed by atoms with Gasteiger partial charge in [-0.1, -0.05) is 11.6 Å². The van der Waals surface area contributed by atoms with Gasteiger partial charge in [-0.25, -0.2) is 0 Å². The number of carbonyl (C=O) groups is 1. The summed E-state index contributed by atoms with van der Waals surface area (Å²) in [5, 5.41) is 9.20. The molecule has 0 aliphatic carbocycles. The molecule has 0 aromatic heterocycles. The zero-order valence-electron chi connectivity index (χ0n) is 10.2. The molecule has 1 atom stereocenters. The van der Waals surface area contributed by atoms with Crippen LogP contribution < -0.4 is 4.90 Å². The van der Waals surface area contributed by atoms with Crippen LogP contribution in [0.3, 0.4) is 0 Å². The largest absolute Gasteiger partial charge is 0.370 e. The number of ketones is 1. The summed E-state index contributed by atoms with van der Waals surface area (Å²) in [6, 6.07) is 7.44. The summed E-state index contributed by atoms with van der Waals surface area (Å²) in [7, 11) is 1.89. The molecule has 1 rings (SSSR count). The van der Waals surface area contributed by atoms with Crippen LogP contribution in [0.2, 0.25) is 5.02 Å². The molecule has 0 saturated carbocycles. The lowest BCUT2D eigenvalue weighted by atomic mass is 10.1. The first-order valence-electron chi connectivity index (χ1n) is 5.37. The molecule has 0 spiro atoms. The van der Waals surface area contributed by atoms with E-state index in [0.29, 0.717) is 17.0 Å². The second-order valence-electron chi connectivity index (χ2n) is 4.04. The molecule has 1 aromatic carbocycles. The number of hydrogen-bond acceptors (Lipinski definition) is 3. The van der Waals surface area contributed by atoms with Crippen LogP contribution in [0.5, 0.6) is 0 Å². The molecule has 17 heavy (non-hydrogen) atoms. The lowest BCUT2D eigenvalue weighted by molar-refractivity contribution is 0.101. The van der Waals surface area contributed by atoms with E-state index in [1.54, 1.807) is 12.1 Å². The summed E-state index contributed by atoms with van der Waals surface area (Å²) in [5.74, 6) is -0.00817. The maximum atomic E-state index is 11.2. The number of benzene rings is 1. The highest BCUT2D eigenvalue weighted by Gasteiger charge is 2.13. The maximum absolute atomic E-state index is 11.2. The van der Waals surface area contributed by atoms with Crippen molar-refractivity contribution in [3.8, 4) is 6.07 Å². The molecule has 0 saturated heterocycles.